The number of methoxy groups -OCH3 is 1. The number of hydrogen-bond donors (Lipinski definition) is 3. The molecule has 0 saturated carbocycles. The number of aromatic nitrogens is 1. The fourth-order valence-corrected chi connectivity index (χ4v) is 3.49. The zero-order valence-corrected chi connectivity index (χ0v) is 19.4. The van der Waals surface area contributed by atoms with Crippen molar-refractivity contribution >= 4 is 17.4 Å². The summed E-state index contributed by atoms with van der Waals surface area (Å²) >= 11 is 0. The number of nitrogens with one attached hydrogen (secondary N) is 3. The zero-order chi connectivity index (χ0) is 25.6. The Balaban J connectivity index is 1.88. The summed E-state index contributed by atoms with van der Waals surface area (Å²) in [5, 5.41) is 13.8. The number of benzene rings is 2. The molecule has 0 aliphatic carbocycles. The first-order valence-corrected chi connectivity index (χ1v) is 10.6. The van der Waals surface area contributed by atoms with Gasteiger partial charge in [0.1, 0.15) is 11.6 Å². The molecule has 0 spiro atoms. The van der Waals surface area contributed by atoms with Gasteiger partial charge in [-0.05, 0) is 24.6 Å². The summed E-state index contributed by atoms with van der Waals surface area (Å²) in [6.45, 7) is 1.25. The van der Waals surface area contributed by atoms with Gasteiger partial charge in [0.05, 0.1) is 30.0 Å². The van der Waals surface area contributed by atoms with Crippen molar-refractivity contribution in [3.05, 3.63) is 82.9 Å². The first-order valence-electron chi connectivity index (χ1n) is 10.6. The summed E-state index contributed by atoms with van der Waals surface area (Å²) in [6, 6.07) is 15.9. The van der Waals surface area contributed by atoms with Gasteiger partial charge >= 0.3 is 6.18 Å². The van der Waals surface area contributed by atoms with Crippen LogP contribution >= 0.6 is 0 Å². The third-order valence-corrected chi connectivity index (χ3v) is 5.19. The molecule has 0 aliphatic heterocycles. The first kappa shape index (κ1) is 25.5. The Hall–Kier alpha value is -4.08. The van der Waals surface area contributed by atoms with Crippen molar-refractivity contribution in [2.45, 2.75) is 19.1 Å². The molecular weight excluding hydrogens is 461 g/mol. The Morgan fingerprint density at radius 3 is 2.40 bits per heavy atom. The molecule has 0 aliphatic rings. The monoisotopic (exact) mass is 486 g/mol. The molecule has 0 radical (unpaired) electrons. The number of rotatable bonds is 9. The highest BCUT2D eigenvalue weighted by Gasteiger charge is 2.38. The summed E-state index contributed by atoms with van der Waals surface area (Å²) < 4.78 is 52.6. The number of nitrogens with zero attached hydrogens (tertiary/aromatic N) is 1. The largest absolute Gasteiger partial charge is 0.496 e. The maximum absolute atomic E-state index is 14.0. The molecule has 3 rings (SSSR count). The lowest BCUT2D eigenvalue weighted by atomic mass is 9.97. The highest BCUT2D eigenvalue weighted by molar-refractivity contribution is 6.16. The lowest BCUT2D eigenvalue weighted by molar-refractivity contribution is -0.137. The van der Waals surface area contributed by atoms with Crippen LogP contribution in [0.3, 0.4) is 0 Å². The van der Waals surface area contributed by atoms with Crippen molar-refractivity contribution in [1.29, 1.82) is 5.41 Å². The van der Waals surface area contributed by atoms with Crippen LogP contribution < -0.4 is 20.1 Å². The predicted octanol–water partition coefficient (Wildman–Crippen LogP) is 4.82. The summed E-state index contributed by atoms with van der Waals surface area (Å²) in [4.78, 5) is 16.4. The standard InChI is InChI=1S/C25H25F3N4O3/c1-15(16-9-5-4-6-10-16)31-20(33)14-35-21-13-18(25(26,27)28)22(24(30-2)32-21)23(29)17-11-7-8-12-19(17)34-3/h4-13,15,29H,14H2,1-3H3,(H,30,32)(H,31,33). The lowest BCUT2D eigenvalue weighted by Gasteiger charge is -2.20. The van der Waals surface area contributed by atoms with Crippen LogP contribution in [0.2, 0.25) is 0 Å². The number of halogens is 3. The first-order chi connectivity index (χ1) is 16.7. The lowest BCUT2D eigenvalue weighted by Crippen LogP contribution is -2.31. The highest BCUT2D eigenvalue weighted by atomic mass is 19.4. The Bertz CT molecular complexity index is 1200. The highest BCUT2D eigenvalue weighted by Crippen LogP contribution is 2.38. The van der Waals surface area contributed by atoms with E-state index in [1.807, 2.05) is 30.3 Å². The van der Waals surface area contributed by atoms with E-state index in [0.717, 1.165) is 5.56 Å². The molecule has 0 saturated heterocycles. The molecule has 10 heteroatoms. The molecule has 0 fully saturated rings. The van der Waals surface area contributed by atoms with Crippen LogP contribution in [0, 0.1) is 5.41 Å². The van der Waals surface area contributed by atoms with E-state index in [0.29, 0.717) is 6.07 Å². The van der Waals surface area contributed by atoms with Crippen LogP contribution in [0.4, 0.5) is 19.0 Å². The predicted molar refractivity (Wildman–Crippen MR) is 126 cm³/mol. The third kappa shape index (κ3) is 6.08. The fraction of sp³-hybridized carbons (Fsp3) is 0.240. The van der Waals surface area contributed by atoms with Gasteiger partial charge in [-0.25, -0.2) is 0 Å². The van der Waals surface area contributed by atoms with Gasteiger partial charge in [-0.15, -0.1) is 0 Å². The fourth-order valence-electron chi connectivity index (χ4n) is 3.49. The van der Waals surface area contributed by atoms with E-state index >= 15 is 0 Å². The van der Waals surface area contributed by atoms with Gasteiger partial charge in [-0.2, -0.15) is 18.2 Å². The molecule has 7 nitrogen and oxygen atoms in total. The summed E-state index contributed by atoms with van der Waals surface area (Å²) in [5.74, 6) is -0.893. The number of ether oxygens (including phenoxy) is 2. The van der Waals surface area contributed by atoms with E-state index in [2.05, 4.69) is 15.6 Å². The average Bonchev–Trinajstić information content (AvgIpc) is 2.86. The molecule has 184 valence electrons. The van der Waals surface area contributed by atoms with Crippen LogP contribution in [0.1, 0.15) is 35.2 Å². The van der Waals surface area contributed by atoms with Crippen molar-refractivity contribution in [3.63, 3.8) is 0 Å². The van der Waals surface area contributed by atoms with Crippen molar-refractivity contribution in [2.75, 3.05) is 26.1 Å². The van der Waals surface area contributed by atoms with Gasteiger partial charge in [0.2, 0.25) is 5.88 Å². The van der Waals surface area contributed by atoms with Gasteiger partial charge in [-0.3, -0.25) is 10.2 Å². The second kappa shape index (κ2) is 10.9. The summed E-state index contributed by atoms with van der Waals surface area (Å²) in [7, 11) is 2.76. The van der Waals surface area contributed by atoms with E-state index in [4.69, 9.17) is 14.9 Å². The van der Waals surface area contributed by atoms with E-state index < -0.39 is 41.4 Å². The number of anilines is 1. The number of amides is 1. The Morgan fingerprint density at radius 1 is 1.11 bits per heavy atom. The number of hydrogen-bond acceptors (Lipinski definition) is 6. The van der Waals surface area contributed by atoms with E-state index in [1.54, 1.807) is 25.1 Å². The molecule has 1 amide bonds. The maximum Gasteiger partial charge on any atom is 0.417 e. The molecule has 2 aromatic carbocycles. The van der Waals surface area contributed by atoms with Crippen LogP contribution in [0.5, 0.6) is 11.6 Å². The molecule has 3 N–H and O–H groups in total. The normalized spacial score (nSPS) is 11.9. The Kier molecular flexibility index (Phi) is 7.95. The van der Waals surface area contributed by atoms with Gasteiger partial charge in [0, 0.05) is 18.7 Å². The average molecular weight is 486 g/mol. The molecule has 0 bridgehead atoms. The number of carbonyl (C=O) groups excluding carboxylic acids is 1. The molecule has 1 unspecified atom stereocenters. The van der Waals surface area contributed by atoms with Gasteiger partial charge in [0.15, 0.2) is 6.61 Å². The summed E-state index contributed by atoms with van der Waals surface area (Å²) in [6.07, 6.45) is -4.82. The van der Waals surface area contributed by atoms with E-state index in [1.165, 1.54) is 20.2 Å². The Labute approximate surface area is 200 Å². The second-order valence-corrected chi connectivity index (χ2v) is 7.54. The molecule has 1 atom stereocenters. The Morgan fingerprint density at radius 2 is 1.77 bits per heavy atom. The minimum absolute atomic E-state index is 0.168. The van der Waals surface area contributed by atoms with Crippen LogP contribution in [0.15, 0.2) is 60.7 Å². The third-order valence-electron chi connectivity index (χ3n) is 5.19. The minimum Gasteiger partial charge on any atom is -0.496 e. The van der Waals surface area contributed by atoms with Crippen LogP contribution in [-0.2, 0) is 11.0 Å². The number of pyridine rings is 1. The number of para-hydroxylation sites is 1. The molecule has 1 heterocycles. The van der Waals surface area contributed by atoms with Gasteiger partial charge < -0.3 is 20.1 Å². The summed E-state index contributed by atoms with van der Waals surface area (Å²) in [5.41, 5.74) is -0.968. The van der Waals surface area contributed by atoms with Gasteiger partial charge in [-0.1, -0.05) is 42.5 Å². The molecular formula is C25H25F3N4O3. The molecule has 3 aromatic rings. The van der Waals surface area contributed by atoms with Crippen LogP contribution in [-0.4, -0.2) is 37.4 Å². The second-order valence-electron chi connectivity index (χ2n) is 7.54. The van der Waals surface area contributed by atoms with Gasteiger partial charge in [0.25, 0.3) is 5.91 Å². The molecule has 35 heavy (non-hydrogen) atoms. The van der Waals surface area contributed by atoms with E-state index in [-0.39, 0.29) is 23.2 Å². The van der Waals surface area contributed by atoms with Crippen molar-refractivity contribution < 1.29 is 27.4 Å². The van der Waals surface area contributed by atoms with Crippen molar-refractivity contribution in [1.82, 2.24) is 10.3 Å². The number of carbonyl (C=O) groups is 1. The van der Waals surface area contributed by atoms with Crippen LogP contribution in [0.25, 0.3) is 0 Å². The molecule has 1 aromatic heterocycles. The van der Waals surface area contributed by atoms with Crippen molar-refractivity contribution in [3.8, 4) is 11.6 Å². The topological polar surface area (TPSA) is 96.3 Å². The SMILES string of the molecule is CNc1nc(OCC(=O)NC(C)c2ccccc2)cc(C(F)(F)F)c1C(=N)c1ccccc1OC. The smallest absolute Gasteiger partial charge is 0.417 e. The quantitative estimate of drug-likeness (QED) is 0.377. The maximum atomic E-state index is 14.0. The van der Waals surface area contributed by atoms with Crippen molar-refractivity contribution in [2.24, 2.45) is 0 Å². The zero-order valence-electron chi connectivity index (χ0n) is 19.4. The number of alkyl halides is 3. The van der Waals surface area contributed by atoms with E-state index in [9.17, 15) is 18.0 Å². The minimum atomic E-state index is -4.82.